The molecule has 0 aliphatic carbocycles. The summed E-state index contributed by atoms with van der Waals surface area (Å²) in [4.78, 5) is 33.5. The zero-order valence-corrected chi connectivity index (χ0v) is 24.1. The van der Waals surface area contributed by atoms with E-state index >= 15 is 4.39 Å². The van der Waals surface area contributed by atoms with E-state index in [-0.39, 0.29) is 33.9 Å². The van der Waals surface area contributed by atoms with E-state index in [0.29, 0.717) is 41.9 Å². The molecule has 2 aromatic carbocycles. The van der Waals surface area contributed by atoms with Gasteiger partial charge in [0, 0.05) is 47.0 Å². The van der Waals surface area contributed by atoms with Gasteiger partial charge in [-0.3, -0.25) is 19.2 Å². The predicted octanol–water partition coefficient (Wildman–Crippen LogP) is 6.68. The second-order valence-corrected chi connectivity index (χ2v) is 11.9. The fourth-order valence-electron chi connectivity index (χ4n) is 7.50. The van der Waals surface area contributed by atoms with Gasteiger partial charge in [-0.1, -0.05) is 67.7 Å². The Bertz CT molecular complexity index is 1760. The van der Waals surface area contributed by atoms with E-state index in [2.05, 4.69) is 22.1 Å². The normalized spacial score (nSPS) is 24.6. The number of hydrogen-bond donors (Lipinski definition) is 1. The minimum absolute atomic E-state index is 0.00362. The Morgan fingerprint density at radius 3 is 2.78 bits per heavy atom. The molecule has 2 aromatic heterocycles. The third kappa shape index (κ3) is 3.60. The van der Waals surface area contributed by atoms with Gasteiger partial charge in [0.2, 0.25) is 0 Å². The molecule has 0 bridgehead atoms. The highest BCUT2D eigenvalue weighted by atomic mass is 35.5. The number of fused-ring (bicyclic) bond motifs is 7. The third-order valence-corrected chi connectivity index (χ3v) is 9.61. The highest BCUT2D eigenvalue weighted by Crippen LogP contribution is 2.63. The van der Waals surface area contributed by atoms with Crippen molar-refractivity contribution in [3.05, 3.63) is 86.9 Å². The van der Waals surface area contributed by atoms with Gasteiger partial charge in [0.25, 0.3) is 5.91 Å². The van der Waals surface area contributed by atoms with Crippen LogP contribution in [0.1, 0.15) is 72.2 Å². The summed E-state index contributed by atoms with van der Waals surface area (Å²) < 4.78 is 17.9. The third-order valence-electron chi connectivity index (χ3n) is 9.11. The molecule has 1 saturated heterocycles. The zero-order chi connectivity index (χ0) is 28.6. The molecule has 3 aliphatic heterocycles. The second-order valence-electron chi connectivity index (χ2n) is 11.1. The standard InChI is InChI=1S/C31H28Cl2FN5O2/c1-3-5-9-24(40)16-10-11-17-21(14-16)37-39-22(17)15-23-28(39)26(18-7-6-8-20(32)27(18)34)31(38(23)4-2)19-12-13-25(33)35-29(19)36-30(31)41/h6-8,10-14,23,26,28H,3-5,9,15H2,1-2H3,(H,35,36,41)/t23-,26-,28?,31+/m0/s1. The Hall–Kier alpha value is -3.33. The first-order chi connectivity index (χ1) is 19.8. The summed E-state index contributed by atoms with van der Waals surface area (Å²) >= 11 is 12.5. The van der Waals surface area contributed by atoms with E-state index in [0.717, 1.165) is 29.4 Å². The molecule has 5 heterocycles. The number of anilines is 1. The number of carbonyl (C=O) groups is 2. The van der Waals surface area contributed by atoms with Crippen LogP contribution in [0.15, 0.2) is 48.5 Å². The molecule has 10 heteroatoms. The summed E-state index contributed by atoms with van der Waals surface area (Å²) in [5.74, 6) is -1.01. The number of halogens is 3. The first-order valence-corrected chi connectivity index (χ1v) is 14.8. The molecule has 41 heavy (non-hydrogen) atoms. The molecule has 210 valence electrons. The van der Waals surface area contributed by atoms with Gasteiger partial charge in [0.05, 0.1) is 16.6 Å². The Morgan fingerprint density at radius 2 is 2.00 bits per heavy atom. The van der Waals surface area contributed by atoms with E-state index in [1.165, 1.54) is 6.07 Å². The maximum absolute atomic E-state index is 16.0. The summed E-state index contributed by atoms with van der Waals surface area (Å²) in [5.41, 5.74) is 2.14. The molecule has 1 unspecified atom stereocenters. The number of aromatic nitrogens is 3. The number of benzene rings is 2. The molecule has 7 nitrogen and oxygen atoms in total. The summed E-state index contributed by atoms with van der Waals surface area (Å²) in [6.07, 6.45) is 2.90. The molecule has 1 spiro atoms. The van der Waals surface area contributed by atoms with Gasteiger partial charge in [0.15, 0.2) is 5.78 Å². The SMILES string of the molecule is CCCCC(=O)c1ccc2c3n(nc2c1)C1[C@H](C3)N(CC)[C@@]2(C(=O)Nc3nc(Cl)ccc32)[C@H]1c1cccc(Cl)c1F. The number of hydrogen-bond acceptors (Lipinski definition) is 5. The van der Waals surface area contributed by atoms with Crippen molar-refractivity contribution < 1.29 is 14.0 Å². The number of unbranched alkanes of at least 4 members (excludes halogenated alkanes) is 1. The van der Waals surface area contributed by atoms with Crippen LogP contribution >= 0.6 is 23.2 Å². The van der Waals surface area contributed by atoms with Crippen molar-refractivity contribution in [1.82, 2.24) is 19.7 Å². The molecule has 4 aromatic rings. The van der Waals surface area contributed by atoms with Gasteiger partial charge in [-0.25, -0.2) is 9.37 Å². The number of nitrogens with zero attached hydrogens (tertiary/aromatic N) is 4. The molecule has 1 N–H and O–H groups in total. The number of amides is 1. The summed E-state index contributed by atoms with van der Waals surface area (Å²) in [6, 6.07) is 13.6. The van der Waals surface area contributed by atoms with Gasteiger partial charge < -0.3 is 5.32 Å². The largest absolute Gasteiger partial charge is 0.308 e. The average Bonchev–Trinajstić information content (AvgIpc) is 3.65. The quantitative estimate of drug-likeness (QED) is 0.200. The molecule has 1 fully saturated rings. The number of carbonyl (C=O) groups excluding carboxylic acids is 2. The maximum Gasteiger partial charge on any atom is 0.251 e. The molecule has 0 radical (unpaired) electrons. The maximum atomic E-state index is 16.0. The Kier molecular flexibility index (Phi) is 6.23. The van der Waals surface area contributed by atoms with Crippen molar-refractivity contribution in [2.24, 2.45) is 0 Å². The second kappa shape index (κ2) is 9.61. The van der Waals surface area contributed by atoms with Crippen molar-refractivity contribution in [2.75, 3.05) is 11.9 Å². The fourth-order valence-corrected chi connectivity index (χ4v) is 7.83. The van der Waals surface area contributed by atoms with Gasteiger partial charge in [-0.2, -0.15) is 5.10 Å². The molecule has 0 saturated carbocycles. The average molecular weight is 593 g/mol. The minimum atomic E-state index is -1.25. The number of likely N-dealkylation sites (N-methyl/N-ethyl adjacent to an activating group) is 1. The number of likely N-dealkylation sites (tertiary alicyclic amines) is 1. The van der Waals surface area contributed by atoms with Crippen LogP contribution in [-0.2, 0) is 16.8 Å². The number of Topliss-reactive ketones (excluding diaryl/α,β-unsaturated/α-hetero) is 1. The van der Waals surface area contributed by atoms with Gasteiger partial charge in [-0.15, -0.1) is 0 Å². The topological polar surface area (TPSA) is 80.1 Å². The van der Waals surface area contributed by atoms with E-state index in [9.17, 15) is 9.59 Å². The Morgan fingerprint density at radius 1 is 1.17 bits per heavy atom. The van der Waals surface area contributed by atoms with Crippen LogP contribution in [0.25, 0.3) is 10.9 Å². The Balaban J connectivity index is 1.45. The fraction of sp³-hybridized carbons (Fsp3) is 0.355. The van der Waals surface area contributed by atoms with E-state index in [1.807, 2.05) is 35.9 Å². The van der Waals surface area contributed by atoms with Crippen LogP contribution in [0.3, 0.4) is 0 Å². The lowest BCUT2D eigenvalue weighted by molar-refractivity contribution is -0.127. The molecular formula is C31H28Cl2FN5O2. The highest BCUT2D eigenvalue weighted by Gasteiger charge is 2.69. The van der Waals surface area contributed by atoms with Crippen molar-refractivity contribution in [3.63, 3.8) is 0 Å². The zero-order valence-electron chi connectivity index (χ0n) is 22.6. The van der Waals surface area contributed by atoms with E-state index in [4.69, 9.17) is 28.3 Å². The van der Waals surface area contributed by atoms with E-state index < -0.39 is 17.3 Å². The smallest absolute Gasteiger partial charge is 0.251 e. The summed E-state index contributed by atoms with van der Waals surface area (Å²) in [6.45, 7) is 4.61. The lowest BCUT2D eigenvalue weighted by atomic mass is 9.74. The monoisotopic (exact) mass is 591 g/mol. The van der Waals surface area contributed by atoms with Crippen molar-refractivity contribution in [1.29, 1.82) is 0 Å². The van der Waals surface area contributed by atoms with E-state index in [1.54, 1.807) is 18.2 Å². The lowest BCUT2D eigenvalue weighted by Gasteiger charge is -2.39. The Labute approximate surface area is 246 Å². The molecular weight excluding hydrogens is 564 g/mol. The van der Waals surface area contributed by atoms with Crippen LogP contribution in [0.2, 0.25) is 10.2 Å². The molecule has 1 amide bonds. The first-order valence-electron chi connectivity index (χ1n) is 14.0. The molecule has 3 aliphatic rings. The van der Waals surface area contributed by atoms with Crippen LogP contribution < -0.4 is 5.32 Å². The molecule has 7 rings (SSSR count). The number of pyridine rings is 1. The summed E-state index contributed by atoms with van der Waals surface area (Å²) in [5, 5.41) is 9.19. The van der Waals surface area contributed by atoms with Crippen LogP contribution in [0, 0.1) is 5.82 Å². The van der Waals surface area contributed by atoms with Gasteiger partial charge in [-0.05, 0) is 42.8 Å². The number of rotatable bonds is 6. The van der Waals surface area contributed by atoms with Crippen LogP contribution in [0.4, 0.5) is 10.2 Å². The minimum Gasteiger partial charge on any atom is -0.308 e. The van der Waals surface area contributed by atoms with Gasteiger partial charge >= 0.3 is 0 Å². The number of nitrogens with one attached hydrogen (secondary N) is 1. The predicted molar refractivity (Wildman–Crippen MR) is 156 cm³/mol. The highest BCUT2D eigenvalue weighted by molar-refractivity contribution is 6.31. The van der Waals surface area contributed by atoms with Crippen molar-refractivity contribution in [3.8, 4) is 0 Å². The van der Waals surface area contributed by atoms with Crippen LogP contribution in [0.5, 0.6) is 0 Å². The van der Waals surface area contributed by atoms with Gasteiger partial charge in [0.1, 0.15) is 22.3 Å². The van der Waals surface area contributed by atoms with Crippen molar-refractivity contribution >= 4 is 51.6 Å². The first kappa shape index (κ1) is 26.6. The van der Waals surface area contributed by atoms with Crippen LogP contribution in [-0.4, -0.2) is 43.9 Å². The molecule has 4 atom stereocenters. The van der Waals surface area contributed by atoms with Crippen molar-refractivity contribution in [2.45, 2.75) is 63.1 Å². The number of ketones is 1. The lowest BCUT2D eigenvalue weighted by Crippen LogP contribution is -2.52. The summed E-state index contributed by atoms with van der Waals surface area (Å²) in [7, 11) is 0.